The van der Waals surface area contributed by atoms with Crippen molar-refractivity contribution in [1.82, 2.24) is 10.1 Å². The van der Waals surface area contributed by atoms with Crippen LogP contribution in [0.1, 0.15) is 16.8 Å². The fraction of sp³-hybridized carbons (Fsp3) is 0.143. The van der Waals surface area contributed by atoms with Crippen LogP contribution in [0.5, 0.6) is 5.75 Å². The van der Waals surface area contributed by atoms with E-state index in [2.05, 4.69) is 10.1 Å². The van der Waals surface area contributed by atoms with Crippen LogP contribution in [0.25, 0.3) is 11.4 Å². The van der Waals surface area contributed by atoms with Gasteiger partial charge >= 0.3 is 0 Å². The first kappa shape index (κ1) is 13.7. The predicted octanol–water partition coefficient (Wildman–Crippen LogP) is 2.99. The van der Waals surface area contributed by atoms with Gasteiger partial charge in [-0.2, -0.15) is 4.98 Å². The molecule has 3 aromatic rings. The number of hydrogen-bond donors (Lipinski definition) is 1. The van der Waals surface area contributed by atoms with Crippen molar-refractivity contribution in [3.05, 3.63) is 52.3 Å². The van der Waals surface area contributed by atoms with Crippen LogP contribution < -0.4 is 10.5 Å². The first-order chi connectivity index (χ1) is 10.2. The van der Waals surface area contributed by atoms with Crippen LogP contribution in [0.3, 0.4) is 0 Å². The second-order valence-corrected chi connectivity index (χ2v) is 5.28. The number of thiophene rings is 1. The molecule has 108 valence electrons. The van der Waals surface area contributed by atoms with Crippen molar-refractivity contribution in [2.75, 3.05) is 7.11 Å². The molecular formula is C14H12FN3O2S. The molecule has 0 fully saturated rings. The molecule has 1 unspecified atom stereocenters. The minimum Gasteiger partial charge on any atom is -0.494 e. The zero-order chi connectivity index (χ0) is 14.8. The van der Waals surface area contributed by atoms with Gasteiger partial charge in [-0.3, -0.25) is 0 Å². The van der Waals surface area contributed by atoms with Crippen molar-refractivity contribution in [2.24, 2.45) is 5.73 Å². The molecule has 0 radical (unpaired) electrons. The van der Waals surface area contributed by atoms with Crippen LogP contribution in [0.15, 0.2) is 40.2 Å². The molecule has 21 heavy (non-hydrogen) atoms. The smallest absolute Gasteiger partial charge is 0.249 e. The molecule has 0 bridgehead atoms. The maximum absolute atomic E-state index is 13.4. The van der Waals surface area contributed by atoms with E-state index in [4.69, 9.17) is 15.0 Å². The zero-order valence-corrected chi connectivity index (χ0v) is 11.9. The number of methoxy groups -OCH3 is 1. The fourth-order valence-corrected chi connectivity index (χ4v) is 2.59. The van der Waals surface area contributed by atoms with E-state index in [-0.39, 0.29) is 5.75 Å². The molecule has 5 nitrogen and oxygen atoms in total. The molecule has 2 N–H and O–H groups in total. The molecule has 3 rings (SSSR count). The van der Waals surface area contributed by atoms with Gasteiger partial charge < -0.3 is 15.0 Å². The molecule has 0 amide bonds. The Morgan fingerprint density at radius 1 is 1.38 bits per heavy atom. The van der Waals surface area contributed by atoms with Gasteiger partial charge in [0.15, 0.2) is 11.6 Å². The number of aromatic nitrogens is 2. The maximum atomic E-state index is 13.4. The Kier molecular flexibility index (Phi) is 3.68. The minimum absolute atomic E-state index is 0.126. The summed E-state index contributed by atoms with van der Waals surface area (Å²) < 4.78 is 23.5. The summed E-state index contributed by atoms with van der Waals surface area (Å²) in [5.74, 6) is 0.340. The lowest BCUT2D eigenvalue weighted by Crippen LogP contribution is -2.10. The molecular weight excluding hydrogens is 293 g/mol. The van der Waals surface area contributed by atoms with E-state index in [0.29, 0.717) is 17.3 Å². The number of nitrogens with two attached hydrogens (primary N) is 1. The van der Waals surface area contributed by atoms with Crippen LogP contribution in [-0.2, 0) is 0 Å². The molecule has 0 saturated carbocycles. The highest BCUT2D eigenvalue weighted by molar-refractivity contribution is 7.10. The third-order valence-electron chi connectivity index (χ3n) is 2.97. The third-order valence-corrected chi connectivity index (χ3v) is 3.92. The summed E-state index contributed by atoms with van der Waals surface area (Å²) in [4.78, 5) is 5.20. The number of rotatable bonds is 4. The second kappa shape index (κ2) is 5.63. The van der Waals surface area contributed by atoms with Gasteiger partial charge in [-0.1, -0.05) is 11.2 Å². The molecule has 2 aromatic heterocycles. The Morgan fingerprint density at radius 2 is 2.24 bits per heavy atom. The Morgan fingerprint density at radius 3 is 2.95 bits per heavy atom. The summed E-state index contributed by atoms with van der Waals surface area (Å²) in [6.45, 7) is 0. The standard InChI is InChI=1S/C14H12FN3O2S/c1-19-10-7-8(4-5-9(10)15)13-17-14(20-18-13)12(16)11-3-2-6-21-11/h2-7,12H,16H2,1H3. The van der Waals surface area contributed by atoms with Crippen molar-refractivity contribution < 1.29 is 13.7 Å². The molecule has 2 heterocycles. The summed E-state index contributed by atoms with van der Waals surface area (Å²) in [6, 6.07) is 7.71. The summed E-state index contributed by atoms with van der Waals surface area (Å²) in [6.07, 6.45) is 0. The quantitative estimate of drug-likeness (QED) is 0.802. The highest BCUT2D eigenvalue weighted by Gasteiger charge is 2.19. The van der Waals surface area contributed by atoms with E-state index in [1.54, 1.807) is 6.07 Å². The summed E-state index contributed by atoms with van der Waals surface area (Å²) >= 11 is 1.52. The van der Waals surface area contributed by atoms with Crippen molar-refractivity contribution in [2.45, 2.75) is 6.04 Å². The second-order valence-electron chi connectivity index (χ2n) is 4.30. The fourth-order valence-electron chi connectivity index (χ4n) is 1.87. The molecule has 1 aromatic carbocycles. The first-order valence-corrected chi connectivity index (χ1v) is 7.03. The SMILES string of the molecule is COc1cc(-c2noc(C(N)c3cccs3)n2)ccc1F. The van der Waals surface area contributed by atoms with Crippen LogP contribution in [-0.4, -0.2) is 17.3 Å². The van der Waals surface area contributed by atoms with Gasteiger partial charge in [-0.05, 0) is 29.6 Å². The van der Waals surface area contributed by atoms with Crippen molar-refractivity contribution in [3.63, 3.8) is 0 Å². The van der Waals surface area contributed by atoms with Crippen LogP contribution in [0, 0.1) is 5.82 Å². The van der Waals surface area contributed by atoms with E-state index in [1.807, 2.05) is 17.5 Å². The predicted molar refractivity (Wildman–Crippen MR) is 76.6 cm³/mol. The van der Waals surface area contributed by atoms with E-state index in [1.165, 1.54) is 30.6 Å². The zero-order valence-electron chi connectivity index (χ0n) is 11.1. The van der Waals surface area contributed by atoms with Gasteiger partial charge in [0.25, 0.3) is 0 Å². The van der Waals surface area contributed by atoms with Gasteiger partial charge in [0.2, 0.25) is 11.7 Å². The molecule has 0 aliphatic heterocycles. The normalized spacial score (nSPS) is 12.3. The Bertz CT molecular complexity index is 743. The lowest BCUT2D eigenvalue weighted by atomic mass is 10.2. The van der Waals surface area contributed by atoms with Gasteiger partial charge in [0, 0.05) is 10.4 Å². The average Bonchev–Trinajstić information content (AvgIpc) is 3.18. The van der Waals surface area contributed by atoms with E-state index in [9.17, 15) is 4.39 Å². The van der Waals surface area contributed by atoms with Crippen molar-refractivity contribution >= 4 is 11.3 Å². The number of ether oxygens (including phenoxy) is 1. The topological polar surface area (TPSA) is 74.2 Å². The average molecular weight is 305 g/mol. The molecule has 0 aliphatic rings. The highest BCUT2D eigenvalue weighted by Crippen LogP contribution is 2.27. The van der Waals surface area contributed by atoms with Crippen LogP contribution in [0.4, 0.5) is 4.39 Å². The molecule has 0 aliphatic carbocycles. The van der Waals surface area contributed by atoms with Gasteiger partial charge in [0.05, 0.1) is 7.11 Å². The van der Waals surface area contributed by atoms with Gasteiger partial charge in [-0.15, -0.1) is 11.3 Å². The molecule has 7 heteroatoms. The lowest BCUT2D eigenvalue weighted by molar-refractivity contribution is 0.368. The largest absolute Gasteiger partial charge is 0.494 e. The van der Waals surface area contributed by atoms with E-state index < -0.39 is 11.9 Å². The first-order valence-electron chi connectivity index (χ1n) is 6.15. The maximum Gasteiger partial charge on any atom is 0.249 e. The Balaban J connectivity index is 1.91. The Hall–Kier alpha value is -2.25. The van der Waals surface area contributed by atoms with Crippen molar-refractivity contribution in [3.8, 4) is 17.1 Å². The summed E-state index contributed by atoms with van der Waals surface area (Å²) in [7, 11) is 1.40. The molecule has 0 saturated heterocycles. The lowest BCUT2D eigenvalue weighted by Gasteiger charge is -2.03. The number of hydrogen-bond acceptors (Lipinski definition) is 6. The summed E-state index contributed by atoms with van der Waals surface area (Å²) in [5.41, 5.74) is 6.66. The van der Waals surface area contributed by atoms with Gasteiger partial charge in [0.1, 0.15) is 6.04 Å². The monoisotopic (exact) mass is 305 g/mol. The number of nitrogens with zero attached hydrogens (tertiary/aromatic N) is 2. The van der Waals surface area contributed by atoms with Crippen molar-refractivity contribution in [1.29, 1.82) is 0 Å². The van der Waals surface area contributed by atoms with E-state index >= 15 is 0 Å². The third kappa shape index (κ3) is 2.65. The van der Waals surface area contributed by atoms with Crippen LogP contribution in [0.2, 0.25) is 0 Å². The van der Waals surface area contributed by atoms with Crippen LogP contribution >= 0.6 is 11.3 Å². The van der Waals surface area contributed by atoms with Gasteiger partial charge in [-0.25, -0.2) is 4.39 Å². The number of benzene rings is 1. The Labute approximate surface area is 124 Å². The molecule has 1 atom stereocenters. The molecule has 0 spiro atoms. The highest BCUT2D eigenvalue weighted by atomic mass is 32.1. The summed E-state index contributed by atoms with van der Waals surface area (Å²) in [5, 5.41) is 5.81. The van der Waals surface area contributed by atoms with E-state index in [0.717, 1.165) is 4.88 Å². The number of halogens is 1. The minimum atomic E-state index is -0.464.